The molecule has 4 rings (SSSR count). The Balaban J connectivity index is 1.39. The van der Waals surface area contributed by atoms with Crippen molar-refractivity contribution in [3.8, 4) is 0 Å². The van der Waals surface area contributed by atoms with Crippen molar-refractivity contribution >= 4 is 17.1 Å². The fraction of sp³-hybridized carbons (Fsp3) is 0.526. The molecule has 1 fully saturated rings. The first-order valence-electron chi connectivity index (χ1n) is 9.95. The molecule has 1 aliphatic heterocycles. The second-order valence-corrected chi connectivity index (χ2v) is 7.64. The van der Waals surface area contributed by atoms with E-state index < -0.39 is 11.2 Å². The molecule has 3 aromatic heterocycles. The van der Waals surface area contributed by atoms with Crippen molar-refractivity contribution in [2.24, 2.45) is 14.1 Å². The molecule has 3 aromatic rings. The molecule has 1 amide bonds. The van der Waals surface area contributed by atoms with Crippen LogP contribution in [-0.4, -0.2) is 76.7 Å². The molecule has 0 atom stereocenters. The number of piperazine rings is 1. The highest BCUT2D eigenvalue weighted by atomic mass is 16.2. The first kappa shape index (κ1) is 20.1. The molecule has 1 saturated heterocycles. The van der Waals surface area contributed by atoms with E-state index in [1.165, 1.54) is 22.5 Å². The molecule has 30 heavy (non-hydrogen) atoms. The quantitative estimate of drug-likeness (QED) is 0.519. The van der Waals surface area contributed by atoms with Gasteiger partial charge in [0.2, 0.25) is 5.91 Å². The lowest BCUT2D eigenvalue weighted by atomic mass is 10.3. The van der Waals surface area contributed by atoms with Crippen LogP contribution < -0.4 is 11.2 Å². The minimum absolute atomic E-state index is 0.0260. The summed E-state index contributed by atoms with van der Waals surface area (Å²) in [6, 6.07) is 0. The van der Waals surface area contributed by atoms with E-state index in [2.05, 4.69) is 19.4 Å². The van der Waals surface area contributed by atoms with E-state index in [9.17, 15) is 14.4 Å². The molecule has 0 N–H and O–H groups in total. The number of carbonyl (C=O) groups excluding carboxylic acids is 1. The highest BCUT2D eigenvalue weighted by Crippen LogP contribution is 2.09. The zero-order valence-corrected chi connectivity index (χ0v) is 17.5. The van der Waals surface area contributed by atoms with Crippen molar-refractivity contribution in [2.75, 3.05) is 32.7 Å². The van der Waals surface area contributed by atoms with Gasteiger partial charge < -0.3 is 14.0 Å². The molecule has 0 unspecified atom stereocenters. The van der Waals surface area contributed by atoms with Crippen LogP contribution in [0.3, 0.4) is 0 Å². The van der Waals surface area contributed by atoms with Gasteiger partial charge in [0.15, 0.2) is 11.2 Å². The van der Waals surface area contributed by atoms with E-state index in [0.29, 0.717) is 13.1 Å². The van der Waals surface area contributed by atoms with Gasteiger partial charge in [-0.15, -0.1) is 0 Å². The molecule has 160 valence electrons. The van der Waals surface area contributed by atoms with Crippen LogP contribution in [0.25, 0.3) is 11.2 Å². The zero-order chi connectivity index (χ0) is 21.4. The summed E-state index contributed by atoms with van der Waals surface area (Å²) in [7, 11) is 2.99. The van der Waals surface area contributed by atoms with Gasteiger partial charge in [-0.3, -0.25) is 23.6 Å². The van der Waals surface area contributed by atoms with Crippen molar-refractivity contribution in [2.45, 2.75) is 20.0 Å². The summed E-state index contributed by atoms with van der Waals surface area (Å²) in [5.41, 5.74) is -0.332. The fourth-order valence-corrected chi connectivity index (χ4v) is 3.87. The van der Waals surface area contributed by atoms with E-state index in [1.807, 2.05) is 18.0 Å². The summed E-state index contributed by atoms with van der Waals surface area (Å²) in [4.78, 5) is 50.0. The molecule has 0 radical (unpaired) electrons. The Kier molecular flexibility index (Phi) is 5.29. The van der Waals surface area contributed by atoms with Gasteiger partial charge in [-0.05, 0) is 6.92 Å². The third kappa shape index (κ3) is 3.56. The van der Waals surface area contributed by atoms with Gasteiger partial charge in [-0.2, -0.15) is 0 Å². The Hall–Kier alpha value is -3.21. The van der Waals surface area contributed by atoms with Crippen molar-refractivity contribution < 1.29 is 4.79 Å². The van der Waals surface area contributed by atoms with Gasteiger partial charge in [0.25, 0.3) is 5.56 Å². The maximum Gasteiger partial charge on any atom is 0.332 e. The summed E-state index contributed by atoms with van der Waals surface area (Å²) in [5, 5.41) is 0. The Bertz CT molecular complexity index is 1190. The number of aryl methyl sites for hydroxylation is 2. The SMILES string of the molecule is Cc1nccn1CCN1CCN(C(=O)Cn2cnc3c2c(=O)n(C)c(=O)n3C)CC1. The molecular weight excluding hydrogens is 388 g/mol. The monoisotopic (exact) mass is 414 g/mol. The summed E-state index contributed by atoms with van der Waals surface area (Å²) in [6.07, 6.45) is 5.23. The van der Waals surface area contributed by atoms with Crippen LogP contribution in [0.4, 0.5) is 0 Å². The third-order valence-corrected chi connectivity index (χ3v) is 5.83. The van der Waals surface area contributed by atoms with Crippen LogP contribution in [0.1, 0.15) is 5.82 Å². The van der Waals surface area contributed by atoms with Crippen LogP contribution in [0.15, 0.2) is 28.3 Å². The standard InChI is InChI=1S/C19H26N8O3/c1-14-20-4-5-25(14)9-6-24-7-10-26(11-8-24)15(28)12-27-13-21-17-16(27)18(29)23(3)19(30)22(17)2/h4-5,13H,6-12H2,1-3H3. The van der Waals surface area contributed by atoms with E-state index in [4.69, 9.17) is 0 Å². The first-order chi connectivity index (χ1) is 14.4. The van der Waals surface area contributed by atoms with Crippen LogP contribution in [0.5, 0.6) is 0 Å². The van der Waals surface area contributed by atoms with Gasteiger partial charge in [0.05, 0.1) is 6.33 Å². The second kappa shape index (κ2) is 7.90. The highest BCUT2D eigenvalue weighted by molar-refractivity contribution is 5.79. The average Bonchev–Trinajstić information content (AvgIpc) is 3.35. The summed E-state index contributed by atoms with van der Waals surface area (Å²) >= 11 is 0. The van der Waals surface area contributed by atoms with Gasteiger partial charge in [0, 0.05) is 65.8 Å². The Morgan fingerprint density at radius 2 is 1.73 bits per heavy atom. The lowest BCUT2D eigenvalue weighted by Gasteiger charge is -2.34. The van der Waals surface area contributed by atoms with Crippen LogP contribution >= 0.6 is 0 Å². The molecule has 11 nitrogen and oxygen atoms in total. The van der Waals surface area contributed by atoms with E-state index in [0.717, 1.165) is 36.6 Å². The Morgan fingerprint density at radius 1 is 1.00 bits per heavy atom. The molecule has 1 aliphatic rings. The molecule has 11 heteroatoms. The Labute approximate surface area is 172 Å². The lowest BCUT2D eigenvalue weighted by molar-refractivity contribution is -0.133. The lowest BCUT2D eigenvalue weighted by Crippen LogP contribution is -2.50. The number of nitrogens with zero attached hydrogens (tertiary/aromatic N) is 8. The largest absolute Gasteiger partial charge is 0.339 e. The maximum absolute atomic E-state index is 12.8. The van der Waals surface area contributed by atoms with E-state index in [-0.39, 0.29) is 23.6 Å². The average molecular weight is 414 g/mol. The first-order valence-corrected chi connectivity index (χ1v) is 9.95. The van der Waals surface area contributed by atoms with Crippen molar-refractivity contribution in [1.29, 1.82) is 0 Å². The van der Waals surface area contributed by atoms with Gasteiger partial charge in [-0.25, -0.2) is 14.8 Å². The zero-order valence-electron chi connectivity index (χ0n) is 17.5. The predicted molar refractivity (Wildman–Crippen MR) is 110 cm³/mol. The predicted octanol–water partition coefficient (Wildman–Crippen LogP) is -1.22. The number of fused-ring (bicyclic) bond motifs is 1. The Morgan fingerprint density at radius 3 is 2.40 bits per heavy atom. The minimum Gasteiger partial charge on any atom is -0.339 e. The van der Waals surface area contributed by atoms with Crippen molar-refractivity contribution in [1.82, 2.24) is 38.0 Å². The van der Waals surface area contributed by atoms with Crippen molar-refractivity contribution in [3.05, 3.63) is 45.4 Å². The van der Waals surface area contributed by atoms with Crippen LogP contribution in [0, 0.1) is 6.92 Å². The van der Waals surface area contributed by atoms with Gasteiger partial charge in [0.1, 0.15) is 12.4 Å². The van der Waals surface area contributed by atoms with Crippen LogP contribution in [0.2, 0.25) is 0 Å². The minimum atomic E-state index is -0.446. The summed E-state index contributed by atoms with van der Waals surface area (Å²) in [6.45, 7) is 6.70. The normalized spacial score (nSPS) is 15.2. The second-order valence-electron chi connectivity index (χ2n) is 7.64. The highest BCUT2D eigenvalue weighted by Gasteiger charge is 2.23. The number of rotatable bonds is 5. The number of carbonyl (C=O) groups is 1. The molecule has 4 heterocycles. The number of imidazole rings is 2. The molecule has 0 aliphatic carbocycles. The van der Waals surface area contributed by atoms with Crippen LogP contribution in [-0.2, 0) is 32.0 Å². The third-order valence-electron chi connectivity index (χ3n) is 5.83. The number of hydrogen-bond acceptors (Lipinski definition) is 6. The fourth-order valence-electron chi connectivity index (χ4n) is 3.87. The molecule has 0 aromatic carbocycles. The van der Waals surface area contributed by atoms with E-state index in [1.54, 1.807) is 13.2 Å². The van der Waals surface area contributed by atoms with Crippen molar-refractivity contribution in [3.63, 3.8) is 0 Å². The number of amides is 1. The van der Waals surface area contributed by atoms with Gasteiger partial charge >= 0.3 is 5.69 Å². The van der Waals surface area contributed by atoms with Gasteiger partial charge in [-0.1, -0.05) is 0 Å². The number of hydrogen-bond donors (Lipinski definition) is 0. The summed E-state index contributed by atoms with van der Waals surface area (Å²) < 4.78 is 6.01. The smallest absolute Gasteiger partial charge is 0.332 e. The maximum atomic E-state index is 12.8. The number of aromatic nitrogens is 6. The molecule has 0 bridgehead atoms. The van der Waals surface area contributed by atoms with E-state index >= 15 is 0 Å². The topological polar surface area (TPSA) is 103 Å². The summed E-state index contributed by atoms with van der Waals surface area (Å²) in [5.74, 6) is 0.940. The molecular formula is C19H26N8O3. The molecule has 0 saturated carbocycles. The molecule has 0 spiro atoms.